The Kier molecular flexibility index (Phi) is 4.53. The summed E-state index contributed by atoms with van der Waals surface area (Å²) in [6.07, 6.45) is -1.22. The molecule has 2 aliphatic heterocycles. The van der Waals surface area contributed by atoms with Crippen LogP contribution in [-0.2, 0) is 14.3 Å². The summed E-state index contributed by atoms with van der Waals surface area (Å²) in [6, 6.07) is 3.94. The molecule has 0 bridgehead atoms. The maximum absolute atomic E-state index is 14.7. The van der Waals surface area contributed by atoms with Gasteiger partial charge in [-0.05, 0) is 18.2 Å². The molecule has 1 atom stereocenters. The molecule has 0 spiro atoms. The monoisotopic (exact) mass is 357 g/mol. The van der Waals surface area contributed by atoms with Gasteiger partial charge >= 0.3 is 6.09 Å². The van der Waals surface area contributed by atoms with Gasteiger partial charge in [0.15, 0.2) is 0 Å². The van der Waals surface area contributed by atoms with E-state index in [9.17, 15) is 14.0 Å². The number of benzene rings is 1. The van der Waals surface area contributed by atoms with E-state index in [1.807, 2.05) is 0 Å². The Morgan fingerprint density at radius 2 is 2.16 bits per heavy atom. The number of ether oxygens (including phenoxy) is 2. The minimum Gasteiger partial charge on any atom is -0.442 e. The quantitative estimate of drug-likeness (QED) is 0.889. The third kappa shape index (κ3) is 4.39. The number of carbonyl (C=O) groups is 2. The summed E-state index contributed by atoms with van der Waals surface area (Å²) in [5.41, 5.74) is 0.248. The maximum atomic E-state index is 14.7. The number of morpholine rings is 1. The molecule has 0 aromatic heterocycles. The first-order valence-corrected chi connectivity index (χ1v) is 7.43. The predicted molar refractivity (Wildman–Crippen MR) is 92.5 cm³/mol. The van der Waals surface area contributed by atoms with Crippen molar-refractivity contribution in [2.45, 2.75) is 20.5 Å². The minimum absolute atomic E-state index is 0. The molecule has 2 fully saturated rings. The lowest BCUT2D eigenvalue weighted by atomic mass is 10.2. The molecule has 2 amide bonds. The average Bonchev–Trinajstić information content (AvgIpc) is 2.90. The summed E-state index contributed by atoms with van der Waals surface area (Å²) < 4.78 is 55.3. The Bertz CT molecular complexity index is 780. The number of amides is 2. The van der Waals surface area contributed by atoms with Crippen LogP contribution in [0.2, 0.25) is 0 Å². The van der Waals surface area contributed by atoms with Crippen molar-refractivity contribution in [2.24, 2.45) is 0 Å². The van der Waals surface area contributed by atoms with Crippen LogP contribution in [0.3, 0.4) is 0 Å². The van der Waals surface area contributed by atoms with Crippen molar-refractivity contribution in [3.05, 3.63) is 24.0 Å². The number of hydrogen-bond acceptors (Lipinski definition) is 5. The molecule has 0 saturated carbocycles. The van der Waals surface area contributed by atoms with Gasteiger partial charge in [-0.3, -0.25) is 9.69 Å². The normalized spacial score (nSPS) is 26.5. The summed E-state index contributed by atoms with van der Waals surface area (Å²) in [6.45, 7) is -3.60. The summed E-state index contributed by atoms with van der Waals surface area (Å²) >= 11 is 0. The summed E-state index contributed by atoms with van der Waals surface area (Å²) in [5.74, 6) is -0.987. The van der Waals surface area contributed by atoms with Crippen molar-refractivity contribution in [1.82, 2.24) is 5.32 Å². The van der Waals surface area contributed by atoms with Gasteiger partial charge in [0.1, 0.15) is 11.9 Å². The van der Waals surface area contributed by atoms with E-state index in [-0.39, 0.29) is 50.9 Å². The van der Waals surface area contributed by atoms with Crippen molar-refractivity contribution in [3.63, 3.8) is 0 Å². The lowest BCUT2D eigenvalue weighted by molar-refractivity contribution is -0.119. The second-order valence-corrected chi connectivity index (χ2v) is 5.44. The Morgan fingerprint density at radius 1 is 1.44 bits per heavy atom. The highest BCUT2D eigenvalue weighted by molar-refractivity contribution is 5.90. The first-order valence-electron chi connectivity index (χ1n) is 9.43. The number of anilines is 2. The van der Waals surface area contributed by atoms with Crippen molar-refractivity contribution in [3.8, 4) is 0 Å². The van der Waals surface area contributed by atoms with Crippen molar-refractivity contribution in [2.75, 3.05) is 49.1 Å². The number of nitrogens with one attached hydrogen (secondary N) is 1. The number of halogens is 1. The highest BCUT2D eigenvalue weighted by atomic mass is 19.1. The van der Waals surface area contributed by atoms with Crippen LogP contribution >= 0.6 is 0 Å². The van der Waals surface area contributed by atoms with E-state index in [1.54, 1.807) is 0 Å². The summed E-state index contributed by atoms with van der Waals surface area (Å²) in [4.78, 5) is 25.5. The molecule has 7 nitrogen and oxygen atoms in total. The van der Waals surface area contributed by atoms with Crippen LogP contribution in [0.5, 0.6) is 0 Å². The SMILES string of the molecule is C.[2H]C1([2H])CN(c2ccc(N3C[C@H](CNC(C)=O)OC3=O)cc2F)CC([2H])([2H])O1. The van der Waals surface area contributed by atoms with Crippen LogP contribution in [0.4, 0.5) is 20.6 Å². The molecule has 2 heterocycles. The van der Waals surface area contributed by atoms with Crippen molar-refractivity contribution < 1.29 is 28.9 Å². The molecule has 2 aliphatic rings. The van der Waals surface area contributed by atoms with E-state index >= 15 is 0 Å². The molecule has 3 rings (SSSR count). The van der Waals surface area contributed by atoms with E-state index in [4.69, 9.17) is 15.0 Å². The average molecular weight is 357 g/mol. The van der Waals surface area contributed by atoms with Gasteiger partial charge in [-0.15, -0.1) is 0 Å². The highest BCUT2D eigenvalue weighted by Gasteiger charge is 2.32. The zero-order valence-electron chi connectivity index (χ0n) is 17.0. The van der Waals surface area contributed by atoms with Gasteiger partial charge in [0.25, 0.3) is 0 Å². The van der Waals surface area contributed by atoms with E-state index in [2.05, 4.69) is 5.32 Å². The second-order valence-electron chi connectivity index (χ2n) is 5.44. The molecule has 0 aliphatic carbocycles. The molecule has 1 N–H and O–H groups in total. The van der Waals surface area contributed by atoms with Gasteiger partial charge in [0, 0.05) is 20.0 Å². The van der Waals surface area contributed by atoms with Crippen molar-refractivity contribution >= 4 is 23.4 Å². The second kappa shape index (κ2) is 8.15. The summed E-state index contributed by atoms with van der Waals surface area (Å²) in [5, 5.41) is 2.55. The van der Waals surface area contributed by atoms with Crippen LogP contribution in [-0.4, -0.2) is 57.4 Å². The van der Waals surface area contributed by atoms with Crippen LogP contribution in [0.25, 0.3) is 0 Å². The summed E-state index contributed by atoms with van der Waals surface area (Å²) in [7, 11) is 0. The largest absolute Gasteiger partial charge is 0.442 e. The Hall–Kier alpha value is -2.35. The van der Waals surface area contributed by atoms with Crippen LogP contribution < -0.4 is 15.1 Å². The molecule has 1 aromatic rings. The number of hydrogen-bond donors (Lipinski definition) is 1. The zero-order chi connectivity index (χ0) is 20.7. The fraction of sp³-hybridized carbons (Fsp3) is 0.529. The number of rotatable bonds is 4. The van der Waals surface area contributed by atoms with Gasteiger partial charge in [-0.2, -0.15) is 0 Å². The fourth-order valence-corrected chi connectivity index (χ4v) is 2.51. The van der Waals surface area contributed by atoms with E-state index in [0.717, 1.165) is 6.07 Å². The fourth-order valence-electron chi connectivity index (χ4n) is 2.51. The Labute approximate surface area is 152 Å². The first kappa shape index (κ1) is 13.9. The van der Waals surface area contributed by atoms with Crippen LogP contribution in [0.15, 0.2) is 18.2 Å². The molecule has 0 radical (unpaired) electrons. The zero-order valence-corrected chi connectivity index (χ0v) is 13.0. The van der Waals surface area contributed by atoms with E-state index < -0.39 is 31.1 Å². The van der Waals surface area contributed by atoms with Gasteiger partial charge < -0.3 is 19.7 Å². The van der Waals surface area contributed by atoms with Gasteiger partial charge in [0.2, 0.25) is 5.91 Å². The maximum Gasteiger partial charge on any atom is 0.414 e. The first-order chi connectivity index (χ1) is 13.0. The smallest absolute Gasteiger partial charge is 0.414 e. The molecular formula is C17H24FN3O4. The molecule has 2 saturated heterocycles. The number of cyclic esters (lactones) is 1. The Morgan fingerprint density at radius 3 is 2.80 bits per heavy atom. The van der Waals surface area contributed by atoms with Gasteiger partial charge in [-0.1, -0.05) is 7.43 Å². The predicted octanol–water partition coefficient (Wildman–Crippen LogP) is 1.76. The van der Waals surface area contributed by atoms with Gasteiger partial charge in [0.05, 0.1) is 43.1 Å². The van der Waals surface area contributed by atoms with E-state index in [1.165, 1.54) is 28.9 Å². The minimum atomic E-state index is -2.28. The standard InChI is InChI=1S/C16H20FN3O4.CH4/c1-11(21)18-9-13-10-20(16(22)24-13)12-2-3-15(14(17)8-12)19-4-6-23-7-5-19;/h2-3,8,13H,4-7,9-10H2,1H3,(H,18,21);1H4/t13-;/m0./s1/i6D2,7D2;. The molecule has 138 valence electrons. The number of nitrogens with zero attached hydrogens (tertiary/aromatic N) is 2. The van der Waals surface area contributed by atoms with Crippen LogP contribution in [0.1, 0.15) is 19.8 Å². The molecular weight excluding hydrogens is 329 g/mol. The molecule has 1 aromatic carbocycles. The van der Waals surface area contributed by atoms with Crippen LogP contribution in [0, 0.1) is 5.82 Å². The topological polar surface area (TPSA) is 71.1 Å². The van der Waals surface area contributed by atoms with Gasteiger partial charge in [-0.25, -0.2) is 9.18 Å². The molecule has 0 unspecified atom stereocenters. The lowest BCUT2D eigenvalue weighted by Gasteiger charge is -2.29. The lowest BCUT2D eigenvalue weighted by Crippen LogP contribution is -2.36. The highest BCUT2D eigenvalue weighted by Crippen LogP contribution is 2.28. The Balaban J connectivity index is 0.00000300. The third-order valence-electron chi connectivity index (χ3n) is 3.69. The third-order valence-corrected chi connectivity index (χ3v) is 3.69. The molecule has 25 heavy (non-hydrogen) atoms. The molecule has 8 heteroatoms. The van der Waals surface area contributed by atoms with Crippen molar-refractivity contribution in [1.29, 1.82) is 0 Å². The number of carbonyl (C=O) groups excluding carboxylic acids is 2. The van der Waals surface area contributed by atoms with E-state index in [0.29, 0.717) is 0 Å².